The van der Waals surface area contributed by atoms with Gasteiger partial charge in [-0.25, -0.2) is 4.39 Å². The lowest BCUT2D eigenvalue weighted by Gasteiger charge is -2.21. The predicted octanol–water partition coefficient (Wildman–Crippen LogP) is 2.18. The minimum atomic E-state index is -0.487. The second-order valence-electron chi connectivity index (χ2n) is 4.49. The number of hydrogen-bond donors (Lipinski definition) is 2. The Bertz CT molecular complexity index is 543. The average molecular weight is 286 g/mol. The van der Waals surface area contributed by atoms with Crippen molar-refractivity contribution in [2.45, 2.75) is 32.7 Å². The van der Waals surface area contributed by atoms with Gasteiger partial charge in [-0.2, -0.15) is 5.21 Å². The first kappa shape index (κ1) is 15.5. The quantitative estimate of drug-likeness (QED) is 0.906. The summed E-state index contributed by atoms with van der Waals surface area (Å²) in [6.45, 7) is 5.71. The molecule has 2 rings (SSSR count). The van der Waals surface area contributed by atoms with Crippen LogP contribution in [0.5, 0.6) is 0 Å². The molecule has 0 aliphatic heterocycles. The summed E-state index contributed by atoms with van der Waals surface area (Å²) >= 11 is 0. The van der Waals surface area contributed by atoms with Crippen LogP contribution in [0.2, 0.25) is 0 Å². The molecule has 0 fully saturated rings. The molecule has 0 bridgehead atoms. The number of nitrogens with one attached hydrogen (secondary N) is 1. The van der Waals surface area contributed by atoms with E-state index in [0.29, 0.717) is 11.4 Å². The Kier molecular flexibility index (Phi) is 4.97. The summed E-state index contributed by atoms with van der Waals surface area (Å²) in [6.07, 6.45) is 0. The summed E-state index contributed by atoms with van der Waals surface area (Å²) < 4.78 is 14.0. The first-order chi connectivity index (χ1) is 8.52. The molecule has 0 spiro atoms. The Hall–Kier alpha value is -1.53. The van der Waals surface area contributed by atoms with E-state index in [2.05, 4.69) is 20.6 Å². The van der Waals surface area contributed by atoms with Crippen molar-refractivity contribution in [1.82, 2.24) is 20.6 Å². The first-order valence-electron chi connectivity index (χ1n) is 5.77. The molecule has 104 valence electrons. The molecule has 3 N–H and O–H groups in total. The van der Waals surface area contributed by atoms with Gasteiger partial charge in [0, 0.05) is 5.92 Å². The smallest absolute Gasteiger partial charge is 0.191 e. The van der Waals surface area contributed by atoms with Crippen molar-refractivity contribution in [1.29, 1.82) is 0 Å². The lowest BCUT2D eigenvalue weighted by molar-refractivity contribution is 0.522. The fourth-order valence-electron chi connectivity index (χ4n) is 2.08. The molecule has 1 aromatic carbocycles. The summed E-state index contributed by atoms with van der Waals surface area (Å²) in [7, 11) is 0. The number of aromatic nitrogens is 4. The third-order valence-electron chi connectivity index (χ3n) is 3.39. The Balaban J connectivity index is 0.00000180. The highest BCUT2D eigenvalue weighted by atomic mass is 35.5. The van der Waals surface area contributed by atoms with Gasteiger partial charge in [-0.3, -0.25) is 0 Å². The Morgan fingerprint density at radius 3 is 2.58 bits per heavy atom. The van der Waals surface area contributed by atoms with Crippen molar-refractivity contribution >= 4 is 12.4 Å². The summed E-state index contributed by atoms with van der Waals surface area (Å²) in [6, 6.07) is 2.75. The van der Waals surface area contributed by atoms with Crippen molar-refractivity contribution < 1.29 is 4.39 Å². The van der Waals surface area contributed by atoms with Crippen LogP contribution in [0.25, 0.3) is 0 Å². The number of rotatable bonds is 3. The van der Waals surface area contributed by atoms with Crippen molar-refractivity contribution in [2.75, 3.05) is 0 Å². The Morgan fingerprint density at radius 2 is 2.00 bits per heavy atom. The van der Waals surface area contributed by atoms with Crippen LogP contribution in [0.1, 0.15) is 41.4 Å². The molecule has 1 aromatic heterocycles. The van der Waals surface area contributed by atoms with Crippen molar-refractivity contribution in [3.63, 3.8) is 0 Å². The largest absolute Gasteiger partial charge is 0.321 e. The fraction of sp³-hybridized carbons (Fsp3) is 0.417. The maximum absolute atomic E-state index is 14.0. The van der Waals surface area contributed by atoms with Crippen LogP contribution in [0, 0.1) is 19.7 Å². The van der Waals surface area contributed by atoms with Crippen molar-refractivity contribution in [3.05, 3.63) is 40.5 Å². The van der Waals surface area contributed by atoms with Crippen LogP contribution in [-0.2, 0) is 0 Å². The molecule has 0 radical (unpaired) electrons. The highest BCUT2D eigenvalue weighted by molar-refractivity contribution is 5.85. The lowest BCUT2D eigenvalue weighted by Crippen LogP contribution is -2.21. The highest BCUT2D eigenvalue weighted by Crippen LogP contribution is 2.32. The third kappa shape index (κ3) is 2.90. The van der Waals surface area contributed by atoms with E-state index in [1.807, 2.05) is 20.8 Å². The van der Waals surface area contributed by atoms with Gasteiger partial charge >= 0.3 is 0 Å². The number of nitrogens with zero attached hydrogens (tertiary/aromatic N) is 3. The van der Waals surface area contributed by atoms with E-state index in [1.165, 1.54) is 6.07 Å². The van der Waals surface area contributed by atoms with E-state index in [9.17, 15) is 4.39 Å². The summed E-state index contributed by atoms with van der Waals surface area (Å²) in [5.74, 6) is -0.0742. The number of tetrazole rings is 1. The van der Waals surface area contributed by atoms with Gasteiger partial charge in [-0.15, -0.1) is 22.6 Å². The monoisotopic (exact) mass is 285 g/mol. The van der Waals surface area contributed by atoms with Gasteiger partial charge in [0.2, 0.25) is 0 Å². The molecule has 0 amide bonds. The molecular weight excluding hydrogens is 269 g/mol. The standard InChI is InChI=1S/C12H16FN5.ClH/c1-6-4-5-9(13)10(7(6)2)8(3)11(14)12-15-17-18-16-12;/h4-5,8,11H,14H2,1-3H3,(H,15,16,17,18);1H. The molecule has 0 aliphatic rings. The molecule has 0 aliphatic carbocycles. The molecule has 2 unspecified atom stereocenters. The van der Waals surface area contributed by atoms with Crippen LogP contribution >= 0.6 is 12.4 Å². The number of aromatic amines is 1. The van der Waals surface area contributed by atoms with Gasteiger partial charge in [0.1, 0.15) is 5.82 Å². The number of nitrogens with two attached hydrogens (primary N) is 1. The molecule has 0 saturated carbocycles. The highest BCUT2D eigenvalue weighted by Gasteiger charge is 2.24. The number of benzene rings is 1. The van der Waals surface area contributed by atoms with Crippen molar-refractivity contribution in [2.24, 2.45) is 5.73 Å². The van der Waals surface area contributed by atoms with E-state index >= 15 is 0 Å². The molecular formula is C12H17ClFN5. The van der Waals surface area contributed by atoms with Crippen LogP contribution in [0.15, 0.2) is 12.1 Å². The van der Waals surface area contributed by atoms with Gasteiger partial charge in [0.25, 0.3) is 0 Å². The van der Waals surface area contributed by atoms with Crippen LogP contribution in [0.4, 0.5) is 4.39 Å². The second kappa shape index (κ2) is 6.08. The van der Waals surface area contributed by atoms with Crippen LogP contribution in [0.3, 0.4) is 0 Å². The van der Waals surface area contributed by atoms with Crippen molar-refractivity contribution in [3.8, 4) is 0 Å². The molecule has 5 nitrogen and oxygen atoms in total. The topological polar surface area (TPSA) is 80.5 Å². The normalized spacial score (nSPS) is 13.7. The van der Waals surface area contributed by atoms with E-state index in [-0.39, 0.29) is 24.1 Å². The zero-order valence-electron chi connectivity index (χ0n) is 11.0. The number of H-pyrrole nitrogens is 1. The number of aryl methyl sites for hydroxylation is 1. The maximum Gasteiger partial charge on any atom is 0.191 e. The van der Waals surface area contributed by atoms with E-state index < -0.39 is 6.04 Å². The lowest BCUT2D eigenvalue weighted by atomic mass is 9.88. The van der Waals surface area contributed by atoms with Gasteiger partial charge in [-0.1, -0.05) is 18.2 Å². The van der Waals surface area contributed by atoms with Crippen LogP contribution < -0.4 is 5.73 Å². The number of halogens is 2. The summed E-state index contributed by atoms with van der Waals surface area (Å²) in [4.78, 5) is 0. The van der Waals surface area contributed by atoms with Crippen LogP contribution in [-0.4, -0.2) is 20.6 Å². The first-order valence-corrected chi connectivity index (χ1v) is 5.77. The second-order valence-corrected chi connectivity index (χ2v) is 4.49. The third-order valence-corrected chi connectivity index (χ3v) is 3.39. The van der Waals surface area contributed by atoms with E-state index in [0.717, 1.165) is 11.1 Å². The van der Waals surface area contributed by atoms with Gasteiger partial charge in [-0.05, 0) is 36.6 Å². The van der Waals surface area contributed by atoms with E-state index in [1.54, 1.807) is 6.07 Å². The summed E-state index contributed by atoms with van der Waals surface area (Å²) in [5.41, 5.74) is 8.63. The zero-order valence-corrected chi connectivity index (χ0v) is 11.8. The minimum absolute atomic E-state index is 0. The zero-order chi connectivity index (χ0) is 13.3. The van der Waals surface area contributed by atoms with E-state index in [4.69, 9.17) is 5.73 Å². The molecule has 7 heteroatoms. The SMILES string of the molecule is Cc1ccc(F)c(C(C)C(N)c2nn[nH]n2)c1C.Cl. The molecule has 1 heterocycles. The number of hydrogen-bond acceptors (Lipinski definition) is 4. The Morgan fingerprint density at radius 1 is 1.32 bits per heavy atom. The molecule has 0 saturated heterocycles. The minimum Gasteiger partial charge on any atom is -0.321 e. The summed E-state index contributed by atoms with van der Waals surface area (Å²) in [5, 5.41) is 13.5. The van der Waals surface area contributed by atoms with Gasteiger partial charge in [0.15, 0.2) is 5.82 Å². The fourth-order valence-corrected chi connectivity index (χ4v) is 2.08. The molecule has 2 aromatic rings. The molecule has 19 heavy (non-hydrogen) atoms. The average Bonchev–Trinajstić information content (AvgIpc) is 2.87. The van der Waals surface area contributed by atoms with Gasteiger partial charge in [0.05, 0.1) is 6.04 Å². The van der Waals surface area contributed by atoms with Gasteiger partial charge < -0.3 is 5.73 Å². The Labute approximate surface area is 117 Å². The molecule has 2 atom stereocenters. The predicted molar refractivity (Wildman–Crippen MR) is 72.6 cm³/mol. The maximum atomic E-state index is 14.0.